The summed E-state index contributed by atoms with van der Waals surface area (Å²) in [6.07, 6.45) is 1.90. The maximum Gasteiger partial charge on any atom is 0.160 e. The van der Waals surface area contributed by atoms with Gasteiger partial charge in [-0.2, -0.15) is 0 Å². The van der Waals surface area contributed by atoms with Crippen LogP contribution in [0, 0.1) is 0 Å². The Balaban J connectivity index is 1.01. The van der Waals surface area contributed by atoms with Crippen molar-refractivity contribution in [3.05, 3.63) is 259 Å². The van der Waals surface area contributed by atoms with Gasteiger partial charge in [-0.15, -0.1) is 0 Å². The van der Waals surface area contributed by atoms with E-state index in [1.54, 1.807) is 0 Å². The molecule has 0 radical (unpaired) electrons. The minimum atomic E-state index is -0.583. The number of hydrogen-bond donors (Lipinski definition) is 0. The van der Waals surface area contributed by atoms with Crippen LogP contribution >= 0.6 is 11.8 Å². The Kier molecular flexibility index (Phi) is 9.00. The van der Waals surface area contributed by atoms with Gasteiger partial charge in [0.15, 0.2) is 5.82 Å². The van der Waals surface area contributed by atoms with Gasteiger partial charge in [0.2, 0.25) is 0 Å². The van der Waals surface area contributed by atoms with Crippen molar-refractivity contribution in [2.24, 2.45) is 0 Å². The van der Waals surface area contributed by atoms with Crippen molar-refractivity contribution in [1.82, 2.24) is 15.0 Å². The zero-order valence-corrected chi connectivity index (χ0v) is 36.6. The minimum absolute atomic E-state index is 0.583. The van der Waals surface area contributed by atoms with Crippen LogP contribution in [0.3, 0.4) is 0 Å². The van der Waals surface area contributed by atoms with Crippen LogP contribution in [-0.2, 0) is 5.41 Å². The summed E-state index contributed by atoms with van der Waals surface area (Å²) < 4.78 is 0. The summed E-state index contributed by atoms with van der Waals surface area (Å²) in [4.78, 5) is 18.2. The molecule has 66 heavy (non-hydrogen) atoms. The Morgan fingerprint density at radius 3 is 1.42 bits per heavy atom. The largest absolute Gasteiger partial charge is 0.256 e. The molecule has 0 saturated heterocycles. The first kappa shape index (κ1) is 38.3. The van der Waals surface area contributed by atoms with E-state index in [4.69, 9.17) is 15.0 Å². The number of para-hydroxylation sites is 1. The van der Waals surface area contributed by atoms with Gasteiger partial charge in [-0.3, -0.25) is 4.98 Å². The molecular weight excluding hydrogens is 819 g/mol. The average molecular weight is 858 g/mol. The molecule has 1 aliphatic carbocycles. The maximum atomic E-state index is 5.50. The van der Waals surface area contributed by atoms with Gasteiger partial charge >= 0.3 is 0 Å². The van der Waals surface area contributed by atoms with Gasteiger partial charge in [0.05, 0.1) is 22.3 Å². The summed E-state index contributed by atoms with van der Waals surface area (Å²) in [7, 11) is 0. The highest BCUT2D eigenvalue weighted by molar-refractivity contribution is 7.99. The molecule has 3 heterocycles. The zero-order valence-electron chi connectivity index (χ0n) is 35.8. The van der Waals surface area contributed by atoms with Crippen molar-refractivity contribution >= 4 is 22.7 Å². The molecule has 1 spiro atoms. The molecule has 0 unspecified atom stereocenters. The van der Waals surface area contributed by atoms with E-state index < -0.39 is 5.41 Å². The number of nitrogens with zero attached hydrogens (tertiary/aromatic N) is 3. The number of benzene rings is 9. The number of pyridine rings is 1. The normalized spacial score (nSPS) is 12.9. The van der Waals surface area contributed by atoms with Crippen molar-refractivity contribution in [1.29, 1.82) is 0 Å². The molecule has 3 nitrogen and oxygen atoms in total. The molecule has 9 aromatic carbocycles. The predicted molar refractivity (Wildman–Crippen MR) is 271 cm³/mol. The lowest BCUT2D eigenvalue weighted by Gasteiger charge is -2.41. The van der Waals surface area contributed by atoms with Crippen LogP contribution in [0.1, 0.15) is 22.3 Å². The van der Waals surface area contributed by atoms with Crippen LogP contribution in [0.5, 0.6) is 0 Å². The number of aromatic nitrogens is 3. The summed E-state index contributed by atoms with van der Waals surface area (Å²) in [6, 6.07) is 83.1. The molecule has 0 atom stereocenters. The second-order valence-electron chi connectivity index (χ2n) is 17.0. The second kappa shape index (κ2) is 15.5. The minimum Gasteiger partial charge on any atom is -0.256 e. The predicted octanol–water partition coefficient (Wildman–Crippen LogP) is 15.9. The molecule has 1 aliphatic heterocycles. The molecule has 13 rings (SSSR count). The van der Waals surface area contributed by atoms with E-state index in [1.807, 2.05) is 24.0 Å². The lowest BCUT2D eigenvalue weighted by Crippen LogP contribution is -2.32. The molecule has 0 amide bonds. The summed E-state index contributed by atoms with van der Waals surface area (Å²) in [5.41, 5.74) is 19.9. The smallest absolute Gasteiger partial charge is 0.160 e. The second-order valence-corrected chi connectivity index (χ2v) is 18.1. The topological polar surface area (TPSA) is 38.7 Å². The van der Waals surface area contributed by atoms with Gasteiger partial charge in [0.25, 0.3) is 0 Å². The fraction of sp³-hybridized carbons (Fsp3) is 0.0161. The molecule has 0 N–H and O–H groups in total. The van der Waals surface area contributed by atoms with Crippen molar-refractivity contribution in [2.45, 2.75) is 15.2 Å². The maximum absolute atomic E-state index is 5.50. The van der Waals surface area contributed by atoms with Crippen molar-refractivity contribution < 1.29 is 0 Å². The molecule has 2 aliphatic rings. The Morgan fingerprint density at radius 1 is 0.318 bits per heavy atom. The lowest BCUT2D eigenvalue weighted by molar-refractivity contribution is 0.724. The Hall–Kier alpha value is -8.18. The van der Waals surface area contributed by atoms with E-state index in [-0.39, 0.29) is 0 Å². The van der Waals surface area contributed by atoms with Gasteiger partial charge < -0.3 is 0 Å². The SMILES string of the molecule is c1ccc(-c2ccc(-c3ccc(-c4nc(-c5ccccc5)cc(-c5cccc6c5Sc5c(-c7cccc8cccnc78)cccc5C65c6ccccc6-c6ccccc65)n4)cc3)cc2)cc1. The van der Waals surface area contributed by atoms with E-state index in [0.29, 0.717) is 5.82 Å². The Morgan fingerprint density at radius 2 is 0.773 bits per heavy atom. The summed E-state index contributed by atoms with van der Waals surface area (Å²) in [6.45, 7) is 0. The third kappa shape index (κ3) is 6.03. The van der Waals surface area contributed by atoms with E-state index >= 15 is 0 Å². The van der Waals surface area contributed by atoms with Gasteiger partial charge in [-0.05, 0) is 73.3 Å². The van der Waals surface area contributed by atoms with Crippen molar-refractivity contribution in [3.63, 3.8) is 0 Å². The standard InChI is InChI=1S/C62H39N3S/c1-3-15-40(16-4-1)41-30-32-42(33-31-41)43-34-36-46(37-35-43)61-64-56(44-17-5-2-6-18-44)39-57(65-61)51-25-13-29-55-60(51)66-59-50(49-23-11-19-45-20-14-38-63-58(45)49)24-12-28-54(59)62(55)52-26-9-7-21-47(52)48-22-8-10-27-53(48)62/h1-39H. The quantitative estimate of drug-likeness (QED) is 0.167. The van der Waals surface area contributed by atoms with Crippen LogP contribution in [0.4, 0.5) is 0 Å². The number of rotatable bonds is 6. The first-order chi connectivity index (χ1) is 32.7. The lowest BCUT2D eigenvalue weighted by atomic mass is 9.66. The van der Waals surface area contributed by atoms with Crippen LogP contribution < -0.4 is 0 Å². The number of fused-ring (bicyclic) bond motifs is 10. The van der Waals surface area contributed by atoms with Gasteiger partial charge in [-0.25, -0.2) is 9.97 Å². The highest BCUT2D eigenvalue weighted by Gasteiger charge is 2.51. The van der Waals surface area contributed by atoms with Gasteiger partial charge in [0.1, 0.15) is 0 Å². The summed E-state index contributed by atoms with van der Waals surface area (Å²) >= 11 is 1.86. The fourth-order valence-electron chi connectivity index (χ4n) is 10.5. The summed E-state index contributed by atoms with van der Waals surface area (Å²) in [5, 5.41) is 1.12. The summed E-state index contributed by atoms with van der Waals surface area (Å²) in [5.74, 6) is 0.685. The highest BCUT2D eigenvalue weighted by Crippen LogP contribution is 2.64. The third-order valence-electron chi connectivity index (χ3n) is 13.5. The highest BCUT2D eigenvalue weighted by atomic mass is 32.2. The van der Waals surface area contributed by atoms with Crippen LogP contribution in [0.2, 0.25) is 0 Å². The monoisotopic (exact) mass is 857 g/mol. The molecular formula is C62H39N3S. The van der Waals surface area contributed by atoms with E-state index in [0.717, 1.165) is 55.7 Å². The van der Waals surface area contributed by atoms with Crippen LogP contribution in [-0.4, -0.2) is 15.0 Å². The van der Waals surface area contributed by atoms with Crippen molar-refractivity contribution in [3.8, 4) is 78.4 Å². The molecule has 0 bridgehead atoms. The molecule has 308 valence electrons. The molecule has 2 aromatic heterocycles. The molecule has 0 fully saturated rings. The number of hydrogen-bond acceptors (Lipinski definition) is 4. The van der Waals surface area contributed by atoms with E-state index in [1.165, 1.54) is 59.9 Å². The Labute approximate surface area is 388 Å². The fourth-order valence-corrected chi connectivity index (χ4v) is 11.9. The third-order valence-corrected chi connectivity index (χ3v) is 14.7. The van der Waals surface area contributed by atoms with E-state index in [2.05, 4.69) is 224 Å². The average Bonchev–Trinajstić information content (AvgIpc) is 3.69. The molecule has 11 aromatic rings. The Bertz CT molecular complexity index is 3610. The zero-order chi connectivity index (χ0) is 43.6. The van der Waals surface area contributed by atoms with Crippen molar-refractivity contribution in [2.75, 3.05) is 0 Å². The first-order valence-electron chi connectivity index (χ1n) is 22.4. The van der Waals surface area contributed by atoms with Gasteiger partial charge in [0, 0.05) is 43.6 Å². The van der Waals surface area contributed by atoms with Crippen LogP contribution in [0.15, 0.2) is 247 Å². The molecule has 4 heteroatoms. The van der Waals surface area contributed by atoms with Gasteiger partial charge in [-0.1, -0.05) is 230 Å². The van der Waals surface area contributed by atoms with Crippen LogP contribution in [0.25, 0.3) is 89.3 Å². The van der Waals surface area contributed by atoms with E-state index in [9.17, 15) is 0 Å². The first-order valence-corrected chi connectivity index (χ1v) is 23.2. The molecule has 0 saturated carbocycles.